The van der Waals surface area contributed by atoms with Crippen LogP contribution >= 0.6 is 11.6 Å². The molecule has 1 aliphatic rings. The lowest BCUT2D eigenvalue weighted by Crippen LogP contribution is -2.32. The minimum atomic E-state index is 0.472. The molecule has 0 aliphatic heterocycles. The molecule has 0 spiro atoms. The molecule has 1 aromatic carbocycles. The fourth-order valence-corrected chi connectivity index (χ4v) is 3.21. The Morgan fingerprint density at radius 3 is 2.69 bits per heavy atom. The van der Waals surface area contributed by atoms with E-state index in [-0.39, 0.29) is 0 Å². The zero-order valence-corrected chi connectivity index (χ0v) is 10.7. The van der Waals surface area contributed by atoms with E-state index >= 15 is 0 Å². The monoisotopic (exact) mass is 237 g/mol. The first kappa shape index (κ1) is 11.9. The van der Waals surface area contributed by atoms with Crippen molar-refractivity contribution in [2.24, 2.45) is 5.41 Å². The molecule has 1 nitrogen and oxygen atoms in total. The maximum atomic E-state index is 6.04. The van der Waals surface area contributed by atoms with Crippen molar-refractivity contribution < 1.29 is 0 Å². The Morgan fingerprint density at radius 2 is 2.06 bits per heavy atom. The van der Waals surface area contributed by atoms with Gasteiger partial charge in [0, 0.05) is 11.6 Å². The number of halogens is 1. The van der Waals surface area contributed by atoms with Gasteiger partial charge in [-0.3, -0.25) is 0 Å². The summed E-state index contributed by atoms with van der Waals surface area (Å²) >= 11 is 6.04. The summed E-state index contributed by atoms with van der Waals surface area (Å²) in [6, 6.07) is 8.31. The Balaban J connectivity index is 2.11. The second kappa shape index (κ2) is 5.20. The van der Waals surface area contributed by atoms with Crippen molar-refractivity contribution in [3.05, 3.63) is 34.9 Å². The number of benzene rings is 1. The lowest BCUT2D eigenvalue weighted by Gasteiger charge is -2.29. The fourth-order valence-electron chi connectivity index (χ4n) is 3.00. The molecule has 0 radical (unpaired) electrons. The highest BCUT2D eigenvalue weighted by atomic mass is 35.5. The van der Waals surface area contributed by atoms with Gasteiger partial charge >= 0.3 is 0 Å². The van der Waals surface area contributed by atoms with E-state index in [9.17, 15) is 0 Å². The van der Waals surface area contributed by atoms with Crippen molar-refractivity contribution in [2.45, 2.75) is 32.1 Å². The number of hydrogen-bond donors (Lipinski definition) is 1. The summed E-state index contributed by atoms with van der Waals surface area (Å²) in [5.41, 5.74) is 1.85. The van der Waals surface area contributed by atoms with Gasteiger partial charge in [0.1, 0.15) is 0 Å². The third-order valence-electron chi connectivity index (χ3n) is 3.68. The predicted octanol–water partition coefficient (Wildman–Crippen LogP) is 3.66. The van der Waals surface area contributed by atoms with Gasteiger partial charge in [0.15, 0.2) is 0 Å². The molecular formula is C14H20ClN. The summed E-state index contributed by atoms with van der Waals surface area (Å²) in [4.78, 5) is 0. The molecule has 0 bridgehead atoms. The zero-order chi connectivity index (χ0) is 11.4. The van der Waals surface area contributed by atoms with Gasteiger partial charge in [0.25, 0.3) is 0 Å². The SMILES string of the molecule is CNCC1(Cc2cccc(Cl)c2)CCCC1. The van der Waals surface area contributed by atoms with E-state index in [1.165, 1.54) is 31.2 Å². The highest BCUT2D eigenvalue weighted by Gasteiger charge is 2.33. The van der Waals surface area contributed by atoms with Gasteiger partial charge in [0.05, 0.1) is 0 Å². The summed E-state index contributed by atoms with van der Waals surface area (Å²) in [6.07, 6.45) is 6.61. The van der Waals surface area contributed by atoms with Crippen LogP contribution in [-0.4, -0.2) is 13.6 Å². The summed E-state index contributed by atoms with van der Waals surface area (Å²) in [5.74, 6) is 0. The van der Waals surface area contributed by atoms with Gasteiger partial charge in [-0.2, -0.15) is 0 Å². The van der Waals surface area contributed by atoms with Gasteiger partial charge < -0.3 is 5.32 Å². The maximum Gasteiger partial charge on any atom is 0.0408 e. The van der Waals surface area contributed by atoms with Crippen molar-refractivity contribution in [1.29, 1.82) is 0 Å². The minimum absolute atomic E-state index is 0.472. The number of rotatable bonds is 4. The van der Waals surface area contributed by atoms with Crippen LogP contribution in [0.4, 0.5) is 0 Å². The molecule has 0 heterocycles. The Bertz CT molecular complexity index is 342. The first-order valence-electron chi connectivity index (χ1n) is 6.13. The van der Waals surface area contributed by atoms with E-state index in [0.29, 0.717) is 5.41 Å². The van der Waals surface area contributed by atoms with Crippen molar-refractivity contribution in [2.75, 3.05) is 13.6 Å². The van der Waals surface area contributed by atoms with Crippen LogP contribution in [0.25, 0.3) is 0 Å². The fraction of sp³-hybridized carbons (Fsp3) is 0.571. The zero-order valence-electron chi connectivity index (χ0n) is 9.93. The quantitative estimate of drug-likeness (QED) is 0.843. The van der Waals surface area contributed by atoms with E-state index in [2.05, 4.69) is 30.6 Å². The van der Waals surface area contributed by atoms with Crippen LogP contribution in [0, 0.1) is 5.41 Å². The topological polar surface area (TPSA) is 12.0 Å². The van der Waals surface area contributed by atoms with E-state index < -0.39 is 0 Å². The molecule has 0 saturated heterocycles. The van der Waals surface area contributed by atoms with Crippen LogP contribution in [0.3, 0.4) is 0 Å². The lowest BCUT2D eigenvalue weighted by molar-refractivity contribution is 0.286. The van der Waals surface area contributed by atoms with Gasteiger partial charge in [-0.05, 0) is 49.4 Å². The van der Waals surface area contributed by atoms with Gasteiger partial charge in [0.2, 0.25) is 0 Å². The van der Waals surface area contributed by atoms with E-state index in [4.69, 9.17) is 11.6 Å². The molecule has 1 aliphatic carbocycles. The van der Waals surface area contributed by atoms with Gasteiger partial charge in [-0.25, -0.2) is 0 Å². The standard InChI is InChI=1S/C14H20ClN/c1-16-11-14(7-2-3-8-14)10-12-5-4-6-13(15)9-12/h4-6,9,16H,2-3,7-8,10-11H2,1H3. The Hall–Kier alpha value is -0.530. The second-order valence-corrected chi connectivity index (χ2v) is 5.48. The summed E-state index contributed by atoms with van der Waals surface area (Å²) in [5, 5.41) is 4.21. The first-order valence-corrected chi connectivity index (χ1v) is 6.51. The molecule has 2 heteroatoms. The predicted molar refractivity (Wildman–Crippen MR) is 70.0 cm³/mol. The van der Waals surface area contributed by atoms with Crippen LogP contribution in [0.5, 0.6) is 0 Å². The number of hydrogen-bond acceptors (Lipinski definition) is 1. The molecule has 0 unspecified atom stereocenters. The Morgan fingerprint density at radius 1 is 1.31 bits per heavy atom. The summed E-state index contributed by atoms with van der Waals surface area (Å²) < 4.78 is 0. The van der Waals surface area contributed by atoms with Crippen LogP contribution in [-0.2, 0) is 6.42 Å². The average Bonchev–Trinajstić information content (AvgIpc) is 2.67. The van der Waals surface area contributed by atoms with Gasteiger partial charge in [-0.15, -0.1) is 0 Å². The van der Waals surface area contributed by atoms with Crippen molar-refractivity contribution in [3.63, 3.8) is 0 Å². The van der Waals surface area contributed by atoms with Crippen LogP contribution in [0.2, 0.25) is 5.02 Å². The minimum Gasteiger partial charge on any atom is -0.319 e. The Labute approximate surface area is 103 Å². The molecule has 0 aromatic heterocycles. The van der Waals surface area contributed by atoms with Gasteiger partial charge in [-0.1, -0.05) is 36.6 Å². The highest BCUT2D eigenvalue weighted by molar-refractivity contribution is 6.30. The third kappa shape index (κ3) is 2.78. The average molecular weight is 238 g/mol. The first-order chi connectivity index (χ1) is 7.74. The van der Waals surface area contributed by atoms with Crippen LogP contribution in [0.1, 0.15) is 31.2 Å². The second-order valence-electron chi connectivity index (χ2n) is 5.04. The van der Waals surface area contributed by atoms with E-state index in [1.807, 2.05) is 6.07 Å². The number of nitrogens with one attached hydrogen (secondary N) is 1. The normalized spacial score (nSPS) is 18.9. The molecule has 0 amide bonds. The summed E-state index contributed by atoms with van der Waals surface area (Å²) in [7, 11) is 2.05. The molecule has 1 saturated carbocycles. The largest absolute Gasteiger partial charge is 0.319 e. The maximum absolute atomic E-state index is 6.04. The van der Waals surface area contributed by atoms with E-state index in [1.54, 1.807) is 0 Å². The molecule has 1 N–H and O–H groups in total. The van der Waals surface area contributed by atoms with Crippen molar-refractivity contribution in [3.8, 4) is 0 Å². The van der Waals surface area contributed by atoms with Crippen molar-refractivity contribution >= 4 is 11.6 Å². The van der Waals surface area contributed by atoms with Crippen molar-refractivity contribution in [1.82, 2.24) is 5.32 Å². The smallest absolute Gasteiger partial charge is 0.0408 e. The molecule has 88 valence electrons. The summed E-state index contributed by atoms with van der Waals surface area (Å²) in [6.45, 7) is 1.12. The van der Waals surface area contributed by atoms with Crippen LogP contribution in [0.15, 0.2) is 24.3 Å². The van der Waals surface area contributed by atoms with Crippen LogP contribution < -0.4 is 5.32 Å². The lowest BCUT2D eigenvalue weighted by atomic mass is 9.80. The third-order valence-corrected chi connectivity index (χ3v) is 3.92. The molecule has 0 atom stereocenters. The molecular weight excluding hydrogens is 218 g/mol. The molecule has 1 fully saturated rings. The Kier molecular flexibility index (Phi) is 3.88. The molecule has 1 aromatic rings. The highest BCUT2D eigenvalue weighted by Crippen LogP contribution is 2.40. The molecule has 2 rings (SSSR count). The van der Waals surface area contributed by atoms with E-state index in [0.717, 1.165) is 18.0 Å². The molecule has 16 heavy (non-hydrogen) atoms.